The summed E-state index contributed by atoms with van der Waals surface area (Å²) in [7, 11) is 0. The van der Waals surface area contributed by atoms with Gasteiger partial charge in [0.2, 0.25) is 5.82 Å². The van der Waals surface area contributed by atoms with Gasteiger partial charge < -0.3 is 10.1 Å². The van der Waals surface area contributed by atoms with Crippen LogP contribution in [-0.4, -0.2) is 29.2 Å². The van der Waals surface area contributed by atoms with Crippen molar-refractivity contribution in [3.63, 3.8) is 0 Å². The molecule has 0 bridgehead atoms. The van der Waals surface area contributed by atoms with Crippen LogP contribution in [0.2, 0.25) is 5.15 Å². The van der Waals surface area contributed by atoms with Crippen molar-refractivity contribution in [3.05, 3.63) is 27.4 Å². The van der Waals surface area contributed by atoms with Crippen LogP contribution in [-0.2, 0) is 4.74 Å². The summed E-state index contributed by atoms with van der Waals surface area (Å²) in [4.78, 5) is 14.5. The molecule has 0 amide bonds. The quantitative estimate of drug-likeness (QED) is 0.523. The van der Waals surface area contributed by atoms with Crippen molar-refractivity contribution < 1.29 is 9.66 Å². The Labute approximate surface area is 116 Å². The largest absolute Gasteiger partial charge is 0.381 e. The van der Waals surface area contributed by atoms with E-state index in [2.05, 4.69) is 10.3 Å². The monoisotopic (exact) mass is 285 g/mol. The third-order valence-corrected chi connectivity index (χ3v) is 3.58. The Morgan fingerprint density at radius 2 is 2.21 bits per heavy atom. The number of ether oxygens (including phenoxy) is 1. The van der Waals surface area contributed by atoms with Crippen molar-refractivity contribution in [2.24, 2.45) is 5.92 Å². The molecule has 0 aliphatic carbocycles. The zero-order valence-corrected chi connectivity index (χ0v) is 11.4. The number of hydrogen-bond donors (Lipinski definition) is 1. The molecule has 2 heterocycles. The number of anilines is 1. The number of halogens is 1. The van der Waals surface area contributed by atoms with Crippen molar-refractivity contribution in [3.8, 4) is 0 Å². The highest BCUT2D eigenvalue weighted by atomic mass is 35.5. The maximum Gasteiger partial charge on any atom is 0.311 e. The fraction of sp³-hybridized carbons (Fsp3) is 0.583. The maximum atomic E-state index is 11.0. The average molecular weight is 286 g/mol. The molecule has 6 nitrogen and oxygen atoms in total. The second-order valence-electron chi connectivity index (χ2n) is 4.64. The minimum atomic E-state index is -0.456. The first-order chi connectivity index (χ1) is 9.08. The zero-order valence-electron chi connectivity index (χ0n) is 10.6. The summed E-state index contributed by atoms with van der Waals surface area (Å²) in [6.07, 6.45) is 1.89. The summed E-state index contributed by atoms with van der Waals surface area (Å²) in [5.74, 6) is 0.658. The minimum absolute atomic E-state index is 0.0525. The molecule has 7 heteroatoms. The fourth-order valence-corrected chi connectivity index (χ4v) is 2.38. The van der Waals surface area contributed by atoms with E-state index in [0.29, 0.717) is 5.92 Å². The second-order valence-corrected chi connectivity index (χ2v) is 5.03. The lowest BCUT2D eigenvalue weighted by Gasteiger charge is -2.28. The highest BCUT2D eigenvalue weighted by Crippen LogP contribution is 2.27. The van der Waals surface area contributed by atoms with E-state index >= 15 is 0 Å². The van der Waals surface area contributed by atoms with Crippen molar-refractivity contribution in [2.75, 3.05) is 18.5 Å². The molecule has 1 saturated heterocycles. The molecule has 2 rings (SSSR count). The van der Waals surface area contributed by atoms with Crippen LogP contribution in [0.15, 0.2) is 12.1 Å². The Bertz CT molecular complexity index is 464. The first-order valence-electron chi connectivity index (χ1n) is 6.23. The number of nitro groups is 1. The molecule has 1 aromatic rings. The van der Waals surface area contributed by atoms with Crippen LogP contribution in [0.25, 0.3) is 0 Å². The third-order valence-electron chi connectivity index (χ3n) is 3.37. The first-order valence-corrected chi connectivity index (χ1v) is 6.61. The highest BCUT2D eigenvalue weighted by Gasteiger charge is 2.24. The molecule has 0 radical (unpaired) electrons. The van der Waals surface area contributed by atoms with Crippen molar-refractivity contribution in [2.45, 2.75) is 25.8 Å². The van der Waals surface area contributed by atoms with Crippen LogP contribution in [0.5, 0.6) is 0 Å². The molecular weight excluding hydrogens is 270 g/mol. The van der Waals surface area contributed by atoms with Gasteiger partial charge in [0.15, 0.2) is 0 Å². The molecule has 1 aliphatic rings. The molecule has 1 aliphatic heterocycles. The van der Waals surface area contributed by atoms with Gasteiger partial charge in [-0.1, -0.05) is 11.6 Å². The molecule has 1 N–H and O–H groups in total. The van der Waals surface area contributed by atoms with Gasteiger partial charge in [0.1, 0.15) is 5.15 Å². The SMILES string of the molecule is CC(Nc1nc(Cl)ccc1[N+](=O)[O-])C1CCOCC1. The van der Waals surface area contributed by atoms with Gasteiger partial charge in [0.25, 0.3) is 0 Å². The van der Waals surface area contributed by atoms with Crippen molar-refractivity contribution >= 4 is 23.1 Å². The number of rotatable bonds is 4. The molecule has 1 unspecified atom stereocenters. The lowest BCUT2D eigenvalue weighted by atomic mass is 9.93. The van der Waals surface area contributed by atoms with Crippen molar-refractivity contribution in [1.82, 2.24) is 4.98 Å². The van der Waals surface area contributed by atoms with E-state index in [1.807, 2.05) is 6.92 Å². The number of nitrogens with zero attached hydrogens (tertiary/aromatic N) is 2. The second kappa shape index (κ2) is 6.16. The average Bonchev–Trinajstić information content (AvgIpc) is 2.39. The standard InChI is InChI=1S/C12H16ClN3O3/c1-8(9-4-6-19-7-5-9)14-12-10(16(17)18)2-3-11(13)15-12/h2-3,8-9H,4-7H2,1H3,(H,14,15). The van der Waals surface area contributed by atoms with Gasteiger partial charge in [-0.2, -0.15) is 0 Å². The van der Waals surface area contributed by atoms with Gasteiger partial charge in [0, 0.05) is 25.3 Å². The molecule has 104 valence electrons. The molecule has 0 aromatic carbocycles. The number of pyridine rings is 1. The molecule has 19 heavy (non-hydrogen) atoms. The first kappa shape index (κ1) is 14.0. The van der Waals surface area contributed by atoms with Gasteiger partial charge in [-0.15, -0.1) is 0 Å². The summed E-state index contributed by atoms with van der Waals surface area (Å²) < 4.78 is 5.31. The summed E-state index contributed by atoms with van der Waals surface area (Å²) in [5.41, 5.74) is -0.0525. The minimum Gasteiger partial charge on any atom is -0.381 e. The lowest BCUT2D eigenvalue weighted by molar-refractivity contribution is -0.384. The van der Waals surface area contributed by atoms with E-state index < -0.39 is 4.92 Å². The smallest absolute Gasteiger partial charge is 0.311 e. The van der Waals surface area contributed by atoms with E-state index in [0.717, 1.165) is 26.1 Å². The summed E-state index contributed by atoms with van der Waals surface area (Å²) in [6.45, 7) is 3.48. The Kier molecular flexibility index (Phi) is 4.55. The molecule has 0 saturated carbocycles. The third kappa shape index (κ3) is 3.54. The predicted molar refractivity (Wildman–Crippen MR) is 72.5 cm³/mol. The molecular formula is C12H16ClN3O3. The zero-order chi connectivity index (χ0) is 13.8. The van der Waals surface area contributed by atoms with Crippen molar-refractivity contribution in [1.29, 1.82) is 0 Å². The van der Waals surface area contributed by atoms with Crippen LogP contribution in [0.1, 0.15) is 19.8 Å². The van der Waals surface area contributed by atoms with Gasteiger partial charge in [-0.05, 0) is 31.7 Å². The van der Waals surface area contributed by atoms with Gasteiger partial charge >= 0.3 is 5.69 Å². The molecule has 1 aromatic heterocycles. The predicted octanol–water partition coefficient (Wildman–Crippen LogP) is 2.87. The number of hydrogen-bond acceptors (Lipinski definition) is 5. The van der Waals surface area contributed by atoms with Crippen LogP contribution in [0.3, 0.4) is 0 Å². The van der Waals surface area contributed by atoms with Crippen LogP contribution in [0, 0.1) is 16.0 Å². The molecule has 1 atom stereocenters. The van der Waals surface area contributed by atoms with E-state index in [4.69, 9.17) is 16.3 Å². The summed E-state index contributed by atoms with van der Waals surface area (Å²) >= 11 is 5.80. The van der Waals surface area contributed by atoms with Gasteiger partial charge in [0.05, 0.1) is 4.92 Å². The van der Waals surface area contributed by atoms with E-state index in [9.17, 15) is 10.1 Å². The fourth-order valence-electron chi connectivity index (χ4n) is 2.23. The number of nitrogens with one attached hydrogen (secondary N) is 1. The van der Waals surface area contributed by atoms with Crippen LogP contribution in [0.4, 0.5) is 11.5 Å². The molecule has 0 spiro atoms. The van der Waals surface area contributed by atoms with E-state index in [1.54, 1.807) is 0 Å². The van der Waals surface area contributed by atoms with Gasteiger partial charge in [-0.25, -0.2) is 4.98 Å². The Morgan fingerprint density at radius 1 is 1.53 bits per heavy atom. The lowest BCUT2D eigenvalue weighted by Crippen LogP contribution is -2.31. The Balaban J connectivity index is 2.12. The van der Waals surface area contributed by atoms with Crippen LogP contribution >= 0.6 is 11.6 Å². The summed E-state index contributed by atoms with van der Waals surface area (Å²) in [5, 5.41) is 14.3. The van der Waals surface area contributed by atoms with Crippen LogP contribution < -0.4 is 5.32 Å². The van der Waals surface area contributed by atoms with E-state index in [-0.39, 0.29) is 22.7 Å². The highest BCUT2D eigenvalue weighted by molar-refractivity contribution is 6.29. The topological polar surface area (TPSA) is 77.3 Å². The molecule has 1 fully saturated rings. The van der Waals surface area contributed by atoms with E-state index in [1.165, 1.54) is 12.1 Å². The Morgan fingerprint density at radius 3 is 2.84 bits per heavy atom. The van der Waals surface area contributed by atoms with Gasteiger partial charge in [-0.3, -0.25) is 10.1 Å². The summed E-state index contributed by atoms with van der Waals surface area (Å²) in [6, 6.07) is 2.88. The Hall–Kier alpha value is -1.40. The maximum absolute atomic E-state index is 11.0. The number of aromatic nitrogens is 1. The normalized spacial score (nSPS) is 18.0.